The fourth-order valence-corrected chi connectivity index (χ4v) is 15.7. The van der Waals surface area contributed by atoms with E-state index in [2.05, 4.69) is 43.3 Å². The number of nitrogens with one attached hydrogen (secondary N) is 1. The highest BCUT2D eigenvalue weighted by Crippen LogP contribution is 2.34. The molecule has 2 saturated heterocycles. The van der Waals surface area contributed by atoms with Crippen molar-refractivity contribution in [3.8, 4) is 0 Å². The number of ether oxygens (including phenoxy) is 1. The molecule has 8 fully saturated rings. The lowest BCUT2D eigenvalue weighted by Gasteiger charge is -2.32. The van der Waals surface area contributed by atoms with Crippen LogP contribution in [-0.4, -0.2) is 169 Å². The second kappa shape index (κ2) is 56.6. The summed E-state index contributed by atoms with van der Waals surface area (Å²) in [7, 11) is 8.76. The average Bonchev–Trinajstić information content (AvgIpc) is 4.07. The molecular formula is C70H157N17O. The van der Waals surface area contributed by atoms with Crippen LogP contribution in [0.5, 0.6) is 0 Å². The third-order valence-electron chi connectivity index (χ3n) is 21.2. The summed E-state index contributed by atoms with van der Waals surface area (Å²) in [5.74, 6) is 12.4. The van der Waals surface area contributed by atoms with Crippen LogP contribution >= 0.6 is 0 Å². The molecule has 18 heteroatoms. The van der Waals surface area contributed by atoms with E-state index < -0.39 is 0 Å². The Bertz CT molecular complexity index is 1350. The van der Waals surface area contributed by atoms with Crippen LogP contribution in [0.15, 0.2) is 0 Å². The normalized spacial score (nSPS) is 32.5. The van der Waals surface area contributed by atoms with Crippen molar-refractivity contribution in [1.29, 1.82) is 0 Å². The average molecular weight is 1250 g/mol. The van der Waals surface area contributed by atoms with Crippen molar-refractivity contribution < 1.29 is 4.74 Å². The lowest BCUT2D eigenvalue weighted by molar-refractivity contribution is 0.0211. The Morgan fingerprint density at radius 3 is 0.773 bits per heavy atom. The van der Waals surface area contributed by atoms with Crippen LogP contribution in [0.25, 0.3) is 0 Å². The van der Waals surface area contributed by atoms with Gasteiger partial charge in [0, 0.05) is 13.1 Å². The van der Waals surface area contributed by atoms with Crippen molar-refractivity contribution in [3.05, 3.63) is 0 Å². The summed E-state index contributed by atoms with van der Waals surface area (Å²) >= 11 is 0. The lowest BCUT2D eigenvalue weighted by atomic mass is 9.78. The van der Waals surface area contributed by atoms with E-state index >= 15 is 0 Å². The SMILES string of the molecule is CN(C)CC1CCCC(CN(C)C)C1.NCC1CCC(CN)C1.NCC1CCCC(CN)C1.NCC1CCCCCC(CN)C1.NCC1CNCC(CN)C1.NCC1COCC(CN)C1.NCCC1CCCC(CCN)C1.NCCC1CCCC(CN)C1. The van der Waals surface area contributed by atoms with Gasteiger partial charge in [-0.15, -0.1) is 0 Å². The van der Waals surface area contributed by atoms with Gasteiger partial charge in [0.1, 0.15) is 0 Å². The van der Waals surface area contributed by atoms with E-state index in [1.54, 1.807) is 0 Å². The summed E-state index contributed by atoms with van der Waals surface area (Å²) in [6.45, 7) is 18.0. The first-order valence-electron chi connectivity index (χ1n) is 37.0. The highest BCUT2D eigenvalue weighted by Gasteiger charge is 2.26. The van der Waals surface area contributed by atoms with Gasteiger partial charge < -0.3 is 100 Å². The molecule has 6 saturated carbocycles. The number of nitrogens with two attached hydrogens (primary N) is 14. The van der Waals surface area contributed by atoms with E-state index in [9.17, 15) is 0 Å². The van der Waals surface area contributed by atoms with Crippen molar-refractivity contribution >= 4 is 0 Å². The van der Waals surface area contributed by atoms with Crippen molar-refractivity contribution in [1.82, 2.24) is 15.1 Å². The van der Waals surface area contributed by atoms with E-state index in [-0.39, 0.29) is 0 Å². The van der Waals surface area contributed by atoms with Crippen LogP contribution in [-0.2, 0) is 4.74 Å². The molecule has 0 aromatic heterocycles. The predicted molar refractivity (Wildman–Crippen MR) is 382 cm³/mol. The lowest BCUT2D eigenvalue weighted by Crippen LogP contribution is -2.41. The van der Waals surface area contributed by atoms with Crippen molar-refractivity contribution in [2.45, 2.75) is 193 Å². The molecule has 528 valence electrons. The summed E-state index contributed by atoms with van der Waals surface area (Å²) in [4.78, 5) is 4.67. The minimum Gasteiger partial charge on any atom is -0.381 e. The first-order valence-corrected chi connectivity index (χ1v) is 37.0. The second-order valence-corrected chi connectivity index (χ2v) is 29.7. The van der Waals surface area contributed by atoms with E-state index in [1.165, 1.54) is 199 Å². The standard InChI is InChI=1S/C12H26N2.2C10H22N2.C9H20N2.C8H18N2.C7H17N3.C7H16N2O.C7H16N2/c1-13(2)9-11-6-5-7-12(8-11)10-14(3)4;11-6-4-9-2-1-3-10(8-9)5-7-12;11-7-9-4-2-1-3-5-10(6-9)8-12;10-5-4-8-2-1-3-9(6-8)7-11;9-5-7-2-1-3-8(4-7)6-10;2*8-2-6-1-7(3-9)5-10-4-6;8-4-6-1-2-7(3-6)5-9/h11-12H,5-10H2,1-4H3;2*9-10H,1-8,11-12H2;8-9H,1-7,10-11H2;7-8H,1-6,9-10H2;6-7,10H,1-5,8-9H2;6-7H,1-5,8-9H2;6-7H,1-5,8-9H2. The van der Waals surface area contributed by atoms with Gasteiger partial charge in [-0.05, 0) is 356 Å². The smallest absolute Gasteiger partial charge is 0.0506 e. The highest BCUT2D eigenvalue weighted by atomic mass is 16.5. The Morgan fingerprint density at radius 2 is 0.489 bits per heavy atom. The molecule has 0 amide bonds. The van der Waals surface area contributed by atoms with Gasteiger partial charge >= 0.3 is 0 Å². The quantitative estimate of drug-likeness (QED) is 0.0654. The molecule has 8 rings (SSSR count). The Morgan fingerprint density at radius 1 is 0.261 bits per heavy atom. The van der Waals surface area contributed by atoms with Crippen LogP contribution in [0.1, 0.15) is 193 Å². The number of piperidine rings is 1. The maximum Gasteiger partial charge on any atom is 0.0506 e. The summed E-state index contributed by atoms with van der Waals surface area (Å²) in [5.41, 5.74) is 77.9. The molecule has 16 unspecified atom stereocenters. The van der Waals surface area contributed by atoms with Gasteiger partial charge in [-0.2, -0.15) is 0 Å². The molecular weight excluding hydrogens is 1090 g/mol. The summed E-state index contributed by atoms with van der Waals surface area (Å²) in [6.07, 6.45) is 40.0. The molecule has 16 atom stereocenters. The van der Waals surface area contributed by atoms with Crippen LogP contribution in [0.2, 0.25) is 0 Å². The maximum atomic E-state index is 5.70. The van der Waals surface area contributed by atoms with E-state index in [0.29, 0.717) is 23.7 Å². The second-order valence-electron chi connectivity index (χ2n) is 29.7. The van der Waals surface area contributed by atoms with Crippen molar-refractivity contribution in [2.75, 3.05) is 159 Å². The molecule has 88 heavy (non-hydrogen) atoms. The van der Waals surface area contributed by atoms with Crippen LogP contribution < -0.4 is 85.6 Å². The Balaban J connectivity index is 0.000000504. The summed E-state index contributed by atoms with van der Waals surface area (Å²) < 4.78 is 5.32. The fraction of sp³-hybridized carbons (Fsp3) is 1.00. The third kappa shape index (κ3) is 42.6. The molecule has 0 spiro atoms. The third-order valence-corrected chi connectivity index (χ3v) is 21.2. The molecule has 8 aliphatic rings. The van der Waals surface area contributed by atoms with Gasteiger partial charge in [-0.3, -0.25) is 0 Å². The Kier molecular flexibility index (Phi) is 54.9. The molecule has 0 aromatic carbocycles. The monoisotopic (exact) mass is 1250 g/mol. The first kappa shape index (κ1) is 85.3. The van der Waals surface area contributed by atoms with Gasteiger partial charge in [0.15, 0.2) is 0 Å². The molecule has 0 radical (unpaired) electrons. The first-order chi connectivity index (χ1) is 42.6. The number of hydrogen-bond donors (Lipinski definition) is 15. The van der Waals surface area contributed by atoms with Gasteiger partial charge in [-0.1, -0.05) is 64.2 Å². The number of rotatable bonds is 21. The minimum atomic E-state index is 0.544. The predicted octanol–water partition coefficient (Wildman–Crippen LogP) is 5.71. The Hall–Kier alpha value is -0.720. The molecule has 0 bridgehead atoms. The van der Waals surface area contributed by atoms with Gasteiger partial charge in [0.25, 0.3) is 0 Å². The molecule has 0 aromatic rings. The van der Waals surface area contributed by atoms with Crippen molar-refractivity contribution in [2.24, 2.45) is 175 Å². The largest absolute Gasteiger partial charge is 0.381 e. The molecule has 18 nitrogen and oxygen atoms in total. The Labute approximate surface area is 544 Å². The zero-order valence-corrected chi connectivity index (χ0v) is 58.5. The van der Waals surface area contributed by atoms with Crippen LogP contribution in [0, 0.1) is 94.7 Å². The van der Waals surface area contributed by atoms with E-state index in [0.717, 1.165) is 195 Å². The minimum absolute atomic E-state index is 0.544. The zero-order valence-electron chi connectivity index (χ0n) is 58.5. The van der Waals surface area contributed by atoms with Crippen LogP contribution in [0.3, 0.4) is 0 Å². The van der Waals surface area contributed by atoms with Gasteiger partial charge in [0.2, 0.25) is 0 Å². The molecule has 2 heterocycles. The van der Waals surface area contributed by atoms with Gasteiger partial charge in [0.05, 0.1) is 13.2 Å². The van der Waals surface area contributed by atoms with Crippen molar-refractivity contribution in [3.63, 3.8) is 0 Å². The summed E-state index contributed by atoms with van der Waals surface area (Å²) in [6, 6.07) is 0. The highest BCUT2D eigenvalue weighted by molar-refractivity contribution is 4.81. The van der Waals surface area contributed by atoms with Gasteiger partial charge in [-0.25, -0.2) is 0 Å². The number of nitrogens with zero attached hydrogens (tertiary/aromatic N) is 2. The van der Waals surface area contributed by atoms with Crippen LogP contribution in [0.4, 0.5) is 0 Å². The maximum absolute atomic E-state index is 5.70. The molecule has 6 aliphatic carbocycles. The topological polar surface area (TPSA) is 392 Å². The van der Waals surface area contributed by atoms with E-state index in [4.69, 9.17) is 85.0 Å². The molecule has 2 aliphatic heterocycles. The van der Waals surface area contributed by atoms with E-state index in [1.807, 2.05) is 0 Å². The summed E-state index contributed by atoms with van der Waals surface area (Å²) in [5, 5.41) is 3.33. The fourth-order valence-electron chi connectivity index (χ4n) is 15.7. The number of hydrogen-bond acceptors (Lipinski definition) is 18. The molecule has 29 N–H and O–H groups in total. The zero-order chi connectivity index (χ0) is 65.2.